The van der Waals surface area contributed by atoms with E-state index in [9.17, 15) is 0 Å². The average Bonchev–Trinajstić information content (AvgIpc) is 2.32. The van der Waals surface area contributed by atoms with Crippen LogP contribution in [0.1, 0.15) is 57.2 Å². The molecule has 0 aliphatic heterocycles. The van der Waals surface area contributed by atoms with Crippen molar-refractivity contribution in [3.8, 4) is 0 Å². The van der Waals surface area contributed by atoms with Crippen LogP contribution in [-0.2, 0) is 6.42 Å². The van der Waals surface area contributed by atoms with Gasteiger partial charge in [-0.1, -0.05) is 51.5 Å². The van der Waals surface area contributed by atoms with Gasteiger partial charge in [0, 0.05) is 6.04 Å². The highest BCUT2D eigenvalue weighted by atomic mass is 14.9. The molecule has 1 nitrogen and oxygen atoms in total. The van der Waals surface area contributed by atoms with Crippen LogP contribution in [0.4, 0.5) is 0 Å². The molecular weight excluding hydrogens is 206 g/mol. The smallest absolute Gasteiger partial charge is 0.0374 e. The molecule has 1 N–H and O–H groups in total. The summed E-state index contributed by atoms with van der Waals surface area (Å²) < 4.78 is 0. The van der Waals surface area contributed by atoms with Crippen molar-refractivity contribution in [2.24, 2.45) is 5.41 Å². The highest BCUT2D eigenvalue weighted by Gasteiger charge is 2.34. The lowest BCUT2D eigenvalue weighted by molar-refractivity contribution is 0.209. The lowest BCUT2D eigenvalue weighted by atomic mass is 9.70. The maximum atomic E-state index is 3.77. The number of hydrogen-bond acceptors (Lipinski definition) is 1. The molecule has 0 saturated carbocycles. The predicted octanol–water partition coefficient (Wildman–Crippen LogP) is 4.09. The zero-order valence-corrected chi connectivity index (χ0v) is 11.4. The largest absolute Gasteiger partial charge is 0.309 e. The van der Waals surface area contributed by atoms with Crippen LogP contribution in [0.3, 0.4) is 0 Å². The fraction of sp³-hybridized carbons (Fsp3) is 0.625. The number of rotatable bonds is 4. The fourth-order valence-corrected chi connectivity index (χ4v) is 2.88. The molecule has 0 heterocycles. The van der Waals surface area contributed by atoms with Crippen molar-refractivity contribution in [1.29, 1.82) is 0 Å². The Labute approximate surface area is 106 Å². The lowest BCUT2D eigenvalue weighted by Gasteiger charge is -2.40. The van der Waals surface area contributed by atoms with Gasteiger partial charge in [-0.3, -0.25) is 0 Å². The van der Waals surface area contributed by atoms with E-state index in [0.29, 0.717) is 11.5 Å². The Hall–Kier alpha value is -0.820. The number of unbranched alkanes of at least 4 members (excludes halogenated alkanes) is 1. The number of aryl methyl sites for hydroxylation is 1. The van der Waals surface area contributed by atoms with Crippen molar-refractivity contribution >= 4 is 0 Å². The molecule has 1 aromatic carbocycles. The summed E-state index contributed by atoms with van der Waals surface area (Å²) in [4.78, 5) is 0. The topological polar surface area (TPSA) is 12.0 Å². The van der Waals surface area contributed by atoms with Gasteiger partial charge in [0.25, 0.3) is 0 Å². The summed E-state index contributed by atoms with van der Waals surface area (Å²) in [5, 5.41) is 3.77. The Morgan fingerprint density at radius 2 is 2.06 bits per heavy atom. The Bertz CT molecular complexity index is 368. The van der Waals surface area contributed by atoms with Crippen molar-refractivity contribution in [3.05, 3.63) is 35.4 Å². The van der Waals surface area contributed by atoms with E-state index < -0.39 is 0 Å². The van der Waals surface area contributed by atoms with Gasteiger partial charge < -0.3 is 5.32 Å². The first-order chi connectivity index (χ1) is 8.15. The molecule has 1 unspecified atom stereocenters. The molecule has 0 fully saturated rings. The molecule has 1 heteroatoms. The molecular formula is C16H25N. The number of hydrogen-bond donors (Lipinski definition) is 1. The summed E-state index contributed by atoms with van der Waals surface area (Å²) in [5.41, 5.74) is 3.45. The quantitative estimate of drug-likeness (QED) is 0.770. The normalized spacial score (nSPS) is 22.2. The minimum absolute atomic E-state index is 0.377. The van der Waals surface area contributed by atoms with Crippen molar-refractivity contribution in [3.63, 3.8) is 0 Å². The van der Waals surface area contributed by atoms with Crippen molar-refractivity contribution in [1.82, 2.24) is 5.32 Å². The zero-order chi connectivity index (χ0) is 12.3. The van der Waals surface area contributed by atoms with E-state index in [1.807, 2.05) is 0 Å². The predicted molar refractivity (Wildman–Crippen MR) is 74.2 cm³/mol. The van der Waals surface area contributed by atoms with Gasteiger partial charge in [0.15, 0.2) is 0 Å². The van der Waals surface area contributed by atoms with Gasteiger partial charge in [-0.25, -0.2) is 0 Å². The second kappa shape index (κ2) is 5.22. The summed E-state index contributed by atoms with van der Waals surface area (Å²) >= 11 is 0. The maximum Gasteiger partial charge on any atom is 0.0374 e. The third kappa shape index (κ3) is 2.71. The van der Waals surface area contributed by atoms with E-state index in [2.05, 4.69) is 50.4 Å². The highest BCUT2D eigenvalue weighted by Crippen LogP contribution is 2.43. The second-order valence-corrected chi connectivity index (χ2v) is 5.93. The highest BCUT2D eigenvalue weighted by molar-refractivity contribution is 5.34. The molecule has 1 aromatic rings. The standard InChI is InChI=1S/C16H25N/c1-4-5-12-17-15-14-9-7-6-8-13(14)10-11-16(15,2)3/h6-9,15,17H,4-5,10-12H2,1-3H3. The average molecular weight is 231 g/mol. The van der Waals surface area contributed by atoms with Crippen LogP contribution in [0.2, 0.25) is 0 Å². The Balaban J connectivity index is 2.19. The first kappa shape index (κ1) is 12.6. The van der Waals surface area contributed by atoms with Gasteiger partial charge >= 0.3 is 0 Å². The molecule has 2 rings (SSSR count). The minimum Gasteiger partial charge on any atom is -0.309 e. The van der Waals surface area contributed by atoms with Crippen LogP contribution in [0.15, 0.2) is 24.3 Å². The van der Waals surface area contributed by atoms with Gasteiger partial charge in [-0.15, -0.1) is 0 Å². The van der Waals surface area contributed by atoms with E-state index in [1.54, 1.807) is 5.56 Å². The van der Waals surface area contributed by atoms with Crippen LogP contribution in [0.25, 0.3) is 0 Å². The van der Waals surface area contributed by atoms with Gasteiger partial charge in [-0.05, 0) is 42.3 Å². The van der Waals surface area contributed by atoms with Crippen LogP contribution in [0.5, 0.6) is 0 Å². The SMILES string of the molecule is CCCCNC1c2ccccc2CCC1(C)C. The summed E-state index contributed by atoms with van der Waals surface area (Å²) in [6, 6.07) is 9.47. The third-order valence-electron chi connectivity index (χ3n) is 4.07. The van der Waals surface area contributed by atoms with Crippen molar-refractivity contribution in [2.75, 3.05) is 6.54 Å². The molecule has 0 aromatic heterocycles. The molecule has 94 valence electrons. The summed E-state index contributed by atoms with van der Waals surface area (Å²) in [7, 11) is 0. The van der Waals surface area contributed by atoms with E-state index >= 15 is 0 Å². The molecule has 0 spiro atoms. The van der Waals surface area contributed by atoms with E-state index in [4.69, 9.17) is 0 Å². The molecule has 1 aliphatic carbocycles. The molecule has 1 aliphatic rings. The molecule has 1 atom stereocenters. The Kier molecular flexibility index (Phi) is 3.88. The lowest BCUT2D eigenvalue weighted by Crippen LogP contribution is -2.38. The molecule has 0 bridgehead atoms. The van der Waals surface area contributed by atoms with E-state index in [-0.39, 0.29) is 0 Å². The first-order valence-corrected chi connectivity index (χ1v) is 6.96. The molecule has 0 amide bonds. The van der Waals surface area contributed by atoms with Gasteiger partial charge in [0.2, 0.25) is 0 Å². The third-order valence-corrected chi connectivity index (χ3v) is 4.07. The summed E-state index contributed by atoms with van der Waals surface area (Å²) in [6.45, 7) is 8.18. The van der Waals surface area contributed by atoms with Crippen molar-refractivity contribution < 1.29 is 0 Å². The number of fused-ring (bicyclic) bond motifs is 1. The van der Waals surface area contributed by atoms with Crippen LogP contribution in [-0.4, -0.2) is 6.54 Å². The molecule has 0 saturated heterocycles. The van der Waals surface area contributed by atoms with Gasteiger partial charge in [0.1, 0.15) is 0 Å². The minimum atomic E-state index is 0.377. The maximum absolute atomic E-state index is 3.77. The Morgan fingerprint density at radius 1 is 1.29 bits per heavy atom. The zero-order valence-electron chi connectivity index (χ0n) is 11.4. The molecule has 17 heavy (non-hydrogen) atoms. The van der Waals surface area contributed by atoms with Crippen molar-refractivity contribution in [2.45, 2.75) is 52.5 Å². The number of benzene rings is 1. The van der Waals surface area contributed by atoms with Crippen LogP contribution < -0.4 is 5.32 Å². The van der Waals surface area contributed by atoms with Crippen LogP contribution in [0, 0.1) is 5.41 Å². The van der Waals surface area contributed by atoms with E-state index in [1.165, 1.54) is 31.2 Å². The molecule has 0 radical (unpaired) electrons. The number of nitrogens with one attached hydrogen (secondary N) is 1. The summed E-state index contributed by atoms with van der Waals surface area (Å²) in [5.74, 6) is 0. The van der Waals surface area contributed by atoms with Crippen LogP contribution >= 0.6 is 0 Å². The second-order valence-electron chi connectivity index (χ2n) is 5.93. The van der Waals surface area contributed by atoms with E-state index in [0.717, 1.165) is 6.54 Å². The first-order valence-electron chi connectivity index (χ1n) is 6.96. The Morgan fingerprint density at radius 3 is 2.82 bits per heavy atom. The monoisotopic (exact) mass is 231 g/mol. The van der Waals surface area contributed by atoms with Gasteiger partial charge in [-0.2, -0.15) is 0 Å². The fourth-order valence-electron chi connectivity index (χ4n) is 2.88. The van der Waals surface area contributed by atoms with Gasteiger partial charge in [0.05, 0.1) is 0 Å². The summed E-state index contributed by atoms with van der Waals surface area (Å²) in [6.07, 6.45) is 5.06.